The lowest BCUT2D eigenvalue weighted by molar-refractivity contribution is 0.0941. The van der Waals surface area contributed by atoms with Crippen LogP contribution in [0.15, 0.2) is 18.3 Å². The van der Waals surface area contributed by atoms with Gasteiger partial charge in [-0.2, -0.15) is 0 Å². The van der Waals surface area contributed by atoms with Crippen molar-refractivity contribution in [2.24, 2.45) is 11.7 Å². The van der Waals surface area contributed by atoms with Gasteiger partial charge in [0.1, 0.15) is 5.69 Å². The molecule has 17 heavy (non-hydrogen) atoms. The fraction of sp³-hybridized carbons (Fsp3) is 0.615. The van der Waals surface area contributed by atoms with E-state index in [0.29, 0.717) is 12.5 Å². The molecular weight excluding hydrogens is 214 g/mol. The molecule has 1 aliphatic carbocycles. The average molecular weight is 235 g/mol. The van der Waals surface area contributed by atoms with Crippen LogP contribution in [0.4, 0.5) is 0 Å². The van der Waals surface area contributed by atoms with Crippen LogP contribution in [0.1, 0.15) is 36.7 Å². The molecule has 0 aromatic carbocycles. The number of nitrogens with two attached hydrogens (primary N) is 1. The number of hydrogen-bond donors (Lipinski definition) is 2. The average Bonchev–Trinajstić information content (AvgIpc) is 3.07. The van der Waals surface area contributed by atoms with Gasteiger partial charge >= 0.3 is 0 Å². The third-order valence-corrected chi connectivity index (χ3v) is 3.25. The molecule has 1 amide bonds. The minimum absolute atomic E-state index is 0.0143. The lowest BCUT2D eigenvalue weighted by Crippen LogP contribution is -2.39. The van der Waals surface area contributed by atoms with E-state index in [0.717, 1.165) is 18.7 Å². The van der Waals surface area contributed by atoms with E-state index in [1.807, 2.05) is 22.9 Å². The normalized spacial score (nSPS) is 16.8. The zero-order chi connectivity index (χ0) is 12.3. The molecule has 0 aliphatic heterocycles. The summed E-state index contributed by atoms with van der Waals surface area (Å²) < 4.78 is 1.98. The van der Waals surface area contributed by atoms with Crippen LogP contribution in [0.2, 0.25) is 0 Å². The first-order valence-corrected chi connectivity index (χ1v) is 6.41. The molecule has 0 bridgehead atoms. The Morgan fingerprint density at radius 3 is 3.06 bits per heavy atom. The van der Waals surface area contributed by atoms with E-state index in [2.05, 4.69) is 12.2 Å². The van der Waals surface area contributed by atoms with Gasteiger partial charge in [0.2, 0.25) is 0 Å². The SMILES string of the molecule is CCCn1cccc1C(=O)NCC(N)C1CC1. The van der Waals surface area contributed by atoms with Crippen molar-refractivity contribution in [2.75, 3.05) is 6.54 Å². The Hall–Kier alpha value is -1.29. The Morgan fingerprint density at radius 1 is 1.65 bits per heavy atom. The molecule has 4 nitrogen and oxygen atoms in total. The molecule has 1 aliphatic rings. The van der Waals surface area contributed by atoms with Crippen molar-refractivity contribution in [1.82, 2.24) is 9.88 Å². The molecule has 0 saturated heterocycles. The molecule has 3 N–H and O–H groups in total. The Balaban J connectivity index is 1.87. The highest BCUT2D eigenvalue weighted by Gasteiger charge is 2.28. The molecule has 94 valence electrons. The number of aromatic nitrogens is 1. The Labute approximate surface area is 102 Å². The number of carbonyl (C=O) groups excluding carboxylic acids is 1. The number of hydrogen-bond acceptors (Lipinski definition) is 2. The number of nitrogens with zero attached hydrogens (tertiary/aromatic N) is 1. The van der Waals surface area contributed by atoms with Crippen LogP contribution < -0.4 is 11.1 Å². The molecule has 0 radical (unpaired) electrons. The summed E-state index contributed by atoms with van der Waals surface area (Å²) in [7, 11) is 0. The Kier molecular flexibility index (Phi) is 3.84. The summed E-state index contributed by atoms with van der Waals surface area (Å²) in [5.74, 6) is 0.609. The number of aryl methyl sites for hydroxylation is 1. The number of amides is 1. The quantitative estimate of drug-likeness (QED) is 0.782. The van der Waals surface area contributed by atoms with E-state index in [1.165, 1.54) is 12.8 Å². The maximum atomic E-state index is 12.0. The summed E-state index contributed by atoms with van der Waals surface area (Å²) in [6.07, 6.45) is 5.39. The van der Waals surface area contributed by atoms with E-state index in [9.17, 15) is 4.79 Å². The number of nitrogens with one attached hydrogen (secondary N) is 1. The van der Waals surface area contributed by atoms with Crippen molar-refractivity contribution in [3.05, 3.63) is 24.0 Å². The van der Waals surface area contributed by atoms with Crippen LogP contribution in [0.3, 0.4) is 0 Å². The first kappa shape index (κ1) is 12.2. The second-order valence-electron chi connectivity index (χ2n) is 4.80. The van der Waals surface area contributed by atoms with Crippen molar-refractivity contribution >= 4 is 5.91 Å². The second-order valence-corrected chi connectivity index (χ2v) is 4.80. The van der Waals surface area contributed by atoms with Gasteiger partial charge in [0, 0.05) is 25.3 Å². The topological polar surface area (TPSA) is 60.0 Å². The van der Waals surface area contributed by atoms with Crippen LogP contribution in [-0.4, -0.2) is 23.1 Å². The number of rotatable bonds is 6. The van der Waals surface area contributed by atoms with Crippen LogP contribution in [-0.2, 0) is 6.54 Å². The minimum atomic E-state index is -0.0143. The van der Waals surface area contributed by atoms with E-state index in [1.54, 1.807) is 0 Å². The maximum Gasteiger partial charge on any atom is 0.267 e. The predicted octanol–water partition coefficient (Wildman–Crippen LogP) is 1.37. The summed E-state index contributed by atoms with van der Waals surface area (Å²) in [6, 6.07) is 3.88. The summed E-state index contributed by atoms with van der Waals surface area (Å²) in [4.78, 5) is 12.0. The van der Waals surface area contributed by atoms with Gasteiger partial charge in [0.15, 0.2) is 0 Å². The number of carbonyl (C=O) groups is 1. The highest BCUT2D eigenvalue weighted by atomic mass is 16.1. The monoisotopic (exact) mass is 235 g/mol. The molecule has 1 aromatic rings. The first-order chi connectivity index (χ1) is 8.22. The third-order valence-electron chi connectivity index (χ3n) is 3.25. The van der Waals surface area contributed by atoms with E-state index in [4.69, 9.17) is 5.73 Å². The van der Waals surface area contributed by atoms with Crippen molar-refractivity contribution in [3.63, 3.8) is 0 Å². The van der Waals surface area contributed by atoms with Gasteiger partial charge in [-0.1, -0.05) is 6.92 Å². The van der Waals surface area contributed by atoms with Crippen LogP contribution >= 0.6 is 0 Å². The van der Waals surface area contributed by atoms with Gasteiger partial charge in [-0.15, -0.1) is 0 Å². The van der Waals surface area contributed by atoms with Crippen molar-refractivity contribution < 1.29 is 4.79 Å². The molecule has 0 spiro atoms. The molecule has 1 fully saturated rings. The van der Waals surface area contributed by atoms with Gasteiger partial charge < -0.3 is 15.6 Å². The molecule has 1 unspecified atom stereocenters. The van der Waals surface area contributed by atoms with Gasteiger partial charge in [-0.3, -0.25) is 4.79 Å². The summed E-state index contributed by atoms with van der Waals surface area (Å²) in [6.45, 7) is 3.57. The van der Waals surface area contributed by atoms with Crippen LogP contribution in [0.25, 0.3) is 0 Å². The van der Waals surface area contributed by atoms with Crippen molar-refractivity contribution in [2.45, 2.75) is 38.8 Å². The molecule has 1 atom stereocenters. The second kappa shape index (κ2) is 5.36. The lowest BCUT2D eigenvalue weighted by Gasteiger charge is -2.12. The summed E-state index contributed by atoms with van der Waals surface area (Å²) in [5, 5.41) is 2.92. The van der Waals surface area contributed by atoms with Gasteiger partial charge in [-0.05, 0) is 37.3 Å². The smallest absolute Gasteiger partial charge is 0.267 e. The van der Waals surface area contributed by atoms with Crippen LogP contribution in [0, 0.1) is 5.92 Å². The van der Waals surface area contributed by atoms with Crippen molar-refractivity contribution in [1.29, 1.82) is 0 Å². The van der Waals surface area contributed by atoms with E-state index in [-0.39, 0.29) is 11.9 Å². The Morgan fingerprint density at radius 2 is 2.41 bits per heavy atom. The largest absolute Gasteiger partial charge is 0.349 e. The van der Waals surface area contributed by atoms with Crippen molar-refractivity contribution in [3.8, 4) is 0 Å². The Bertz CT molecular complexity index is 382. The molecule has 1 aromatic heterocycles. The van der Waals surface area contributed by atoms with Crippen LogP contribution in [0.5, 0.6) is 0 Å². The first-order valence-electron chi connectivity index (χ1n) is 6.41. The third kappa shape index (κ3) is 3.09. The van der Waals surface area contributed by atoms with Gasteiger partial charge in [0.25, 0.3) is 5.91 Å². The summed E-state index contributed by atoms with van der Waals surface area (Å²) >= 11 is 0. The standard InChI is InChI=1S/C13H21N3O/c1-2-7-16-8-3-4-12(16)13(17)15-9-11(14)10-5-6-10/h3-4,8,10-11H,2,5-7,9,14H2,1H3,(H,15,17). The zero-order valence-electron chi connectivity index (χ0n) is 10.4. The summed E-state index contributed by atoms with van der Waals surface area (Å²) in [5.41, 5.74) is 6.69. The predicted molar refractivity (Wildman–Crippen MR) is 67.8 cm³/mol. The molecule has 1 saturated carbocycles. The molecule has 2 rings (SSSR count). The molecule has 4 heteroatoms. The fourth-order valence-corrected chi connectivity index (χ4v) is 2.05. The highest BCUT2D eigenvalue weighted by molar-refractivity contribution is 5.92. The lowest BCUT2D eigenvalue weighted by atomic mass is 10.2. The maximum absolute atomic E-state index is 12.0. The van der Waals surface area contributed by atoms with E-state index >= 15 is 0 Å². The van der Waals surface area contributed by atoms with Gasteiger partial charge in [0.05, 0.1) is 0 Å². The minimum Gasteiger partial charge on any atom is -0.349 e. The molecular formula is C13H21N3O. The molecule has 1 heterocycles. The van der Waals surface area contributed by atoms with E-state index < -0.39 is 0 Å². The fourth-order valence-electron chi connectivity index (χ4n) is 2.05. The highest BCUT2D eigenvalue weighted by Crippen LogP contribution is 2.31. The van der Waals surface area contributed by atoms with Gasteiger partial charge in [-0.25, -0.2) is 0 Å². The zero-order valence-corrected chi connectivity index (χ0v) is 10.4.